The molecule has 0 bridgehead atoms. The van der Waals surface area contributed by atoms with Crippen LogP contribution in [0.15, 0.2) is 18.2 Å². The molecule has 0 aliphatic rings. The summed E-state index contributed by atoms with van der Waals surface area (Å²) in [5, 5.41) is 0. The van der Waals surface area contributed by atoms with E-state index in [0.29, 0.717) is 6.42 Å². The Morgan fingerprint density at radius 3 is 2.23 bits per heavy atom. The van der Waals surface area contributed by atoms with E-state index in [9.17, 15) is 4.79 Å². The Morgan fingerprint density at radius 1 is 1.18 bits per heavy atom. The molecule has 0 saturated heterocycles. The van der Waals surface area contributed by atoms with Crippen LogP contribution >= 0.6 is 0 Å². The lowest BCUT2D eigenvalue weighted by molar-refractivity contribution is -0.0435. The van der Waals surface area contributed by atoms with Gasteiger partial charge in [-0.2, -0.15) is 0 Å². The average molecular weight is 339 g/mol. The van der Waals surface area contributed by atoms with Gasteiger partial charge in [0.2, 0.25) is 0 Å². The van der Waals surface area contributed by atoms with Crippen LogP contribution < -0.4 is 0 Å². The molecule has 0 unspecified atom stereocenters. The fourth-order valence-electron chi connectivity index (χ4n) is 2.79. The summed E-state index contributed by atoms with van der Waals surface area (Å²) in [6.07, 6.45) is 1.28. The van der Waals surface area contributed by atoms with Gasteiger partial charge >= 0.3 is 0 Å². The third-order valence-corrected chi connectivity index (χ3v) is 5.32. The molecule has 22 heavy (non-hydrogen) atoms. The summed E-state index contributed by atoms with van der Waals surface area (Å²) in [5.74, 6) is 0.199. The summed E-state index contributed by atoms with van der Waals surface area (Å²) in [5.41, 5.74) is 3.06. The molecule has 0 heterocycles. The predicted molar refractivity (Wildman–Crippen MR) is 98.2 cm³/mol. The van der Waals surface area contributed by atoms with Crippen molar-refractivity contribution in [3.8, 4) is 0 Å². The third kappa shape index (κ3) is 4.38. The zero-order valence-corrected chi connectivity index (χ0v) is 17.7. The molecule has 0 amide bonds. The molecule has 5 heteroatoms. The highest BCUT2D eigenvalue weighted by Crippen LogP contribution is 2.33. The molecule has 3 nitrogen and oxygen atoms in total. The smallest absolute Gasteiger partial charge is 0.162 e. The Bertz CT molecular complexity index is 495. The van der Waals surface area contributed by atoms with Crippen LogP contribution in [0.5, 0.6) is 0 Å². The minimum absolute atomic E-state index is 0.168. The van der Waals surface area contributed by atoms with E-state index in [0.717, 1.165) is 12.0 Å². The highest BCUT2D eigenvalue weighted by molar-refractivity contribution is 6.26. The third-order valence-electron chi connectivity index (χ3n) is 4.05. The highest BCUT2D eigenvalue weighted by atomic mass is 28.2. The normalized spacial score (nSPS) is 14.3. The molecule has 0 radical (unpaired) electrons. The first-order chi connectivity index (χ1) is 10.4. The van der Waals surface area contributed by atoms with Crippen LogP contribution in [0.4, 0.5) is 0 Å². The van der Waals surface area contributed by atoms with Gasteiger partial charge < -0.3 is 8.85 Å². The lowest BCUT2D eigenvalue weighted by Gasteiger charge is -2.36. The van der Waals surface area contributed by atoms with Gasteiger partial charge in [-0.1, -0.05) is 52.9 Å². The topological polar surface area (TPSA) is 35.5 Å². The largest absolute Gasteiger partial charge is 0.400 e. The van der Waals surface area contributed by atoms with Gasteiger partial charge in [0, 0.05) is 17.4 Å². The molecule has 124 valence electrons. The lowest BCUT2D eigenvalue weighted by Crippen LogP contribution is -2.40. The van der Waals surface area contributed by atoms with E-state index in [1.54, 1.807) is 0 Å². The van der Waals surface area contributed by atoms with E-state index in [1.807, 2.05) is 19.1 Å². The van der Waals surface area contributed by atoms with Crippen LogP contribution in [0.2, 0.25) is 13.1 Å². The first-order valence-electron chi connectivity index (χ1n) is 8.32. The Kier molecular flexibility index (Phi) is 7.69. The molecular weight excluding hydrogens is 308 g/mol. The molecule has 0 aliphatic carbocycles. The minimum atomic E-state index is -0.538. The number of hydrogen-bond acceptors (Lipinski definition) is 3. The monoisotopic (exact) mass is 338 g/mol. The van der Waals surface area contributed by atoms with Crippen LogP contribution in [0.1, 0.15) is 55.6 Å². The quantitative estimate of drug-likeness (QED) is 0.394. The molecule has 0 aromatic heterocycles. The van der Waals surface area contributed by atoms with E-state index < -0.39 is 19.5 Å². The van der Waals surface area contributed by atoms with Gasteiger partial charge in [-0.3, -0.25) is 4.79 Å². The first kappa shape index (κ1) is 19.3. The van der Waals surface area contributed by atoms with E-state index in [4.69, 9.17) is 8.85 Å². The summed E-state index contributed by atoms with van der Waals surface area (Å²) < 4.78 is 12.0. The van der Waals surface area contributed by atoms with Crippen molar-refractivity contribution in [1.29, 1.82) is 0 Å². The molecule has 0 aliphatic heterocycles. The second kappa shape index (κ2) is 8.77. The standard InChI is InChI=1S/C17H30O3Si2/c1-7-12-11-13(15(18)8-2)9-10-14(12)17(3,4)16(19-21-5)20-22-6/h9-11,16H,7-8,21-22H2,1-6H3. The van der Waals surface area contributed by atoms with Gasteiger partial charge in [-0.25, -0.2) is 0 Å². The van der Waals surface area contributed by atoms with Crippen LogP contribution in [-0.4, -0.2) is 31.6 Å². The second-order valence-corrected chi connectivity index (χ2v) is 7.79. The molecule has 1 aromatic carbocycles. The zero-order chi connectivity index (χ0) is 16.8. The van der Waals surface area contributed by atoms with Gasteiger partial charge in [0.05, 0.1) is 0 Å². The van der Waals surface area contributed by atoms with E-state index in [1.165, 1.54) is 11.1 Å². The van der Waals surface area contributed by atoms with Crippen molar-refractivity contribution in [2.75, 3.05) is 0 Å². The predicted octanol–water partition coefficient (Wildman–Crippen LogP) is 2.74. The summed E-state index contributed by atoms with van der Waals surface area (Å²) >= 11 is 0. The van der Waals surface area contributed by atoms with Gasteiger partial charge in [-0.05, 0) is 23.6 Å². The number of rotatable bonds is 9. The Morgan fingerprint density at radius 2 is 1.77 bits per heavy atom. The number of carbonyl (C=O) groups excluding carboxylic acids is 1. The molecule has 0 atom stereocenters. The summed E-state index contributed by atoms with van der Waals surface area (Å²) in [4.78, 5) is 11.9. The van der Waals surface area contributed by atoms with Crippen molar-refractivity contribution >= 4 is 25.3 Å². The Balaban J connectivity index is 3.24. The highest BCUT2D eigenvalue weighted by Gasteiger charge is 2.33. The number of ketones is 1. The maximum absolute atomic E-state index is 11.9. The Labute approximate surface area is 139 Å². The van der Waals surface area contributed by atoms with Crippen LogP contribution in [0.3, 0.4) is 0 Å². The van der Waals surface area contributed by atoms with E-state index >= 15 is 0 Å². The van der Waals surface area contributed by atoms with Crippen molar-refractivity contribution < 1.29 is 13.6 Å². The number of benzene rings is 1. The van der Waals surface area contributed by atoms with Crippen molar-refractivity contribution in [2.45, 2.75) is 65.3 Å². The maximum Gasteiger partial charge on any atom is 0.162 e. The number of hydrogen-bond donors (Lipinski definition) is 0. The molecular formula is C17H30O3Si2. The molecule has 1 rings (SSSR count). The van der Waals surface area contributed by atoms with Crippen LogP contribution in [0.25, 0.3) is 0 Å². The van der Waals surface area contributed by atoms with Gasteiger partial charge in [0.15, 0.2) is 25.3 Å². The summed E-state index contributed by atoms with van der Waals surface area (Å²) in [6.45, 7) is 12.7. The number of aryl methyl sites for hydroxylation is 1. The molecule has 0 spiro atoms. The number of Topliss-reactive ketones (excluding diaryl/α,β-unsaturated/α-hetero) is 1. The van der Waals surface area contributed by atoms with Gasteiger partial charge in [0.25, 0.3) is 0 Å². The minimum Gasteiger partial charge on any atom is -0.400 e. The maximum atomic E-state index is 11.9. The lowest BCUT2D eigenvalue weighted by atomic mass is 9.79. The SMILES string of the molecule is CCC(=O)c1ccc(C(C)(C)C(O[SiH2]C)O[SiH2]C)c(CC)c1. The van der Waals surface area contributed by atoms with Crippen LogP contribution in [0, 0.1) is 0 Å². The fourth-order valence-corrected chi connectivity index (χ4v) is 4.61. The fraction of sp³-hybridized carbons (Fsp3) is 0.588. The molecule has 0 saturated carbocycles. The molecule has 0 fully saturated rings. The Hall–Kier alpha value is -0.756. The van der Waals surface area contributed by atoms with Gasteiger partial charge in [0.1, 0.15) is 6.29 Å². The first-order valence-corrected chi connectivity index (χ1v) is 12.3. The summed E-state index contributed by atoms with van der Waals surface area (Å²) in [6, 6.07) is 6.09. The number of carbonyl (C=O) groups is 1. The molecule has 0 N–H and O–H groups in total. The van der Waals surface area contributed by atoms with Gasteiger partial charge in [-0.15, -0.1) is 0 Å². The van der Waals surface area contributed by atoms with E-state index in [-0.39, 0.29) is 17.5 Å². The van der Waals surface area contributed by atoms with Crippen molar-refractivity contribution in [2.24, 2.45) is 0 Å². The van der Waals surface area contributed by atoms with Crippen molar-refractivity contribution in [3.05, 3.63) is 34.9 Å². The zero-order valence-electron chi connectivity index (χ0n) is 14.9. The average Bonchev–Trinajstić information content (AvgIpc) is 2.53. The van der Waals surface area contributed by atoms with Crippen LogP contribution in [-0.2, 0) is 20.7 Å². The molecule has 1 aromatic rings. The second-order valence-electron chi connectivity index (χ2n) is 5.97. The summed E-state index contributed by atoms with van der Waals surface area (Å²) in [7, 11) is -1.08. The van der Waals surface area contributed by atoms with Crippen molar-refractivity contribution in [1.82, 2.24) is 0 Å². The van der Waals surface area contributed by atoms with Crippen molar-refractivity contribution in [3.63, 3.8) is 0 Å². The van der Waals surface area contributed by atoms with E-state index in [2.05, 4.69) is 39.9 Å².